The van der Waals surface area contributed by atoms with Crippen LogP contribution in [0.15, 0.2) is 58.2 Å². The molecule has 0 aliphatic rings. The zero-order valence-corrected chi connectivity index (χ0v) is 15.9. The van der Waals surface area contributed by atoms with E-state index in [-0.39, 0.29) is 5.11 Å². The molecule has 9 heteroatoms. The second-order valence-corrected chi connectivity index (χ2v) is 6.30. The average Bonchev–Trinajstić information content (AvgIpc) is 2.60. The first-order valence-electron chi connectivity index (χ1n) is 6.89. The highest BCUT2D eigenvalue weighted by molar-refractivity contribution is 9.10. The molecular weight excluding hydrogens is 408 g/mol. The molecule has 2 rings (SSSR count). The van der Waals surface area contributed by atoms with Crippen LogP contribution in [0.1, 0.15) is 12.6 Å². The van der Waals surface area contributed by atoms with Gasteiger partial charge in [-0.3, -0.25) is 21.3 Å². The maximum Gasteiger partial charge on any atom is 0.205 e. The van der Waals surface area contributed by atoms with Crippen LogP contribution in [0.2, 0.25) is 0 Å². The number of pyridine rings is 1. The standard InChI is InChI=1S/C15H15BrN6S2/c1-10(13-4-2-3-9-17-13)19-21-15(24)22-20-14(23)18-12-7-5-11(16)6-8-12/h2-9H,1H3,(H2,18,20,23)(H2,21,22,24)/b19-10+. The summed E-state index contributed by atoms with van der Waals surface area (Å²) in [6, 6.07) is 13.2. The molecule has 1 heterocycles. The molecule has 0 bridgehead atoms. The maximum absolute atomic E-state index is 5.17. The zero-order chi connectivity index (χ0) is 17.4. The summed E-state index contributed by atoms with van der Waals surface area (Å²) in [5.74, 6) is 0. The van der Waals surface area contributed by atoms with Gasteiger partial charge in [0.25, 0.3) is 0 Å². The summed E-state index contributed by atoms with van der Waals surface area (Å²) >= 11 is 13.7. The Labute approximate surface area is 159 Å². The first kappa shape index (κ1) is 18.2. The number of hydrogen-bond donors (Lipinski definition) is 4. The molecule has 1 aromatic carbocycles. The Bertz CT molecular complexity index is 733. The highest BCUT2D eigenvalue weighted by Gasteiger charge is 2.00. The molecule has 1 aromatic heterocycles. The lowest BCUT2D eigenvalue weighted by Gasteiger charge is -2.13. The lowest BCUT2D eigenvalue weighted by Crippen LogP contribution is -2.47. The fourth-order valence-corrected chi connectivity index (χ4v) is 2.14. The van der Waals surface area contributed by atoms with Crippen molar-refractivity contribution >= 4 is 62.0 Å². The van der Waals surface area contributed by atoms with Crippen LogP contribution >= 0.6 is 40.4 Å². The number of hydrazone groups is 1. The Kier molecular flexibility index (Phi) is 7.04. The fourth-order valence-electron chi connectivity index (χ4n) is 1.61. The molecular formula is C15H15BrN6S2. The first-order chi connectivity index (χ1) is 11.5. The highest BCUT2D eigenvalue weighted by Crippen LogP contribution is 2.13. The van der Waals surface area contributed by atoms with Crippen molar-refractivity contribution in [2.45, 2.75) is 6.92 Å². The third-order valence-electron chi connectivity index (χ3n) is 2.75. The van der Waals surface area contributed by atoms with Gasteiger partial charge in [-0.25, -0.2) is 0 Å². The number of aromatic nitrogens is 1. The van der Waals surface area contributed by atoms with E-state index in [2.05, 4.69) is 47.6 Å². The molecule has 0 amide bonds. The third kappa shape index (κ3) is 6.19. The molecule has 124 valence electrons. The summed E-state index contributed by atoms with van der Waals surface area (Å²) in [6.45, 7) is 1.84. The highest BCUT2D eigenvalue weighted by atomic mass is 79.9. The van der Waals surface area contributed by atoms with E-state index in [1.54, 1.807) is 6.20 Å². The predicted octanol–water partition coefficient (Wildman–Crippen LogP) is 2.93. The maximum atomic E-state index is 5.17. The van der Waals surface area contributed by atoms with Crippen molar-refractivity contribution in [1.82, 2.24) is 21.3 Å². The molecule has 0 saturated carbocycles. The minimum absolute atomic E-state index is 0.283. The lowest BCUT2D eigenvalue weighted by atomic mass is 10.3. The van der Waals surface area contributed by atoms with Crippen LogP contribution in [0.3, 0.4) is 0 Å². The van der Waals surface area contributed by atoms with Gasteiger partial charge in [0.05, 0.1) is 11.4 Å². The Morgan fingerprint density at radius 3 is 2.42 bits per heavy atom. The number of benzene rings is 1. The summed E-state index contributed by atoms with van der Waals surface area (Å²) in [5, 5.41) is 7.84. The van der Waals surface area contributed by atoms with Crippen LogP contribution in [0.4, 0.5) is 5.69 Å². The van der Waals surface area contributed by atoms with Gasteiger partial charge in [-0.2, -0.15) is 5.10 Å². The first-order valence-corrected chi connectivity index (χ1v) is 8.50. The van der Waals surface area contributed by atoms with Crippen molar-refractivity contribution < 1.29 is 0 Å². The van der Waals surface area contributed by atoms with Gasteiger partial charge in [-0.05, 0) is 67.8 Å². The van der Waals surface area contributed by atoms with Crippen LogP contribution in [0.5, 0.6) is 0 Å². The molecule has 4 N–H and O–H groups in total. The van der Waals surface area contributed by atoms with E-state index < -0.39 is 0 Å². The molecule has 0 unspecified atom stereocenters. The average molecular weight is 423 g/mol. The van der Waals surface area contributed by atoms with E-state index in [4.69, 9.17) is 24.4 Å². The Morgan fingerprint density at radius 1 is 1.04 bits per heavy atom. The molecule has 2 aromatic rings. The van der Waals surface area contributed by atoms with E-state index in [1.807, 2.05) is 49.4 Å². The molecule has 0 atom stereocenters. The molecule has 0 spiro atoms. The number of anilines is 1. The van der Waals surface area contributed by atoms with Gasteiger partial charge in [-0.1, -0.05) is 22.0 Å². The Hall–Kier alpha value is -2.10. The van der Waals surface area contributed by atoms with Crippen LogP contribution in [0, 0.1) is 0 Å². The van der Waals surface area contributed by atoms with Gasteiger partial charge in [0.15, 0.2) is 5.11 Å². The van der Waals surface area contributed by atoms with Crippen LogP contribution < -0.4 is 21.6 Å². The molecule has 0 saturated heterocycles. The second kappa shape index (κ2) is 9.26. The molecule has 0 aliphatic heterocycles. The summed E-state index contributed by atoms with van der Waals surface area (Å²) in [4.78, 5) is 4.20. The van der Waals surface area contributed by atoms with Gasteiger partial charge in [0.2, 0.25) is 5.11 Å². The van der Waals surface area contributed by atoms with E-state index in [0.29, 0.717) is 5.11 Å². The molecule has 0 aliphatic carbocycles. The predicted molar refractivity (Wildman–Crippen MR) is 109 cm³/mol. The number of hydrazine groups is 1. The van der Waals surface area contributed by atoms with Gasteiger partial charge in [-0.15, -0.1) is 0 Å². The van der Waals surface area contributed by atoms with Crippen LogP contribution in [0.25, 0.3) is 0 Å². The Balaban J connectivity index is 1.76. The topological polar surface area (TPSA) is 73.4 Å². The normalized spacial score (nSPS) is 10.7. The quantitative estimate of drug-likeness (QED) is 0.344. The van der Waals surface area contributed by atoms with Crippen molar-refractivity contribution in [3.05, 3.63) is 58.8 Å². The molecule has 24 heavy (non-hydrogen) atoms. The van der Waals surface area contributed by atoms with Crippen molar-refractivity contribution in [3.8, 4) is 0 Å². The van der Waals surface area contributed by atoms with E-state index in [1.165, 1.54) is 0 Å². The molecule has 6 nitrogen and oxygen atoms in total. The van der Waals surface area contributed by atoms with Crippen molar-refractivity contribution in [3.63, 3.8) is 0 Å². The van der Waals surface area contributed by atoms with E-state index >= 15 is 0 Å². The summed E-state index contributed by atoms with van der Waals surface area (Å²) in [7, 11) is 0. The second-order valence-electron chi connectivity index (χ2n) is 4.56. The SMILES string of the molecule is C/C(=N\NC(=S)NNC(=S)Nc1ccc(Br)cc1)c1ccccn1. The van der Waals surface area contributed by atoms with Crippen LogP contribution in [-0.4, -0.2) is 20.9 Å². The zero-order valence-electron chi connectivity index (χ0n) is 12.7. The summed E-state index contributed by atoms with van der Waals surface area (Å²) in [5.41, 5.74) is 10.6. The molecule has 0 fully saturated rings. The van der Waals surface area contributed by atoms with E-state index in [9.17, 15) is 0 Å². The summed E-state index contributed by atoms with van der Waals surface area (Å²) < 4.78 is 0.997. The van der Waals surface area contributed by atoms with Gasteiger partial charge < -0.3 is 5.32 Å². The number of nitrogens with zero attached hydrogens (tertiary/aromatic N) is 2. The van der Waals surface area contributed by atoms with Crippen LogP contribution in [-0.2, 0) is 0 Å². The number of hydrogen-bond acceptors (Lipinski definition) is 4. The molecule has 0 radical (unpaired) electrons. The van der Waals surface area contributed by atoms with Gasteiger partial charge >= 0.3 is 0 Å². The van der Waals surface area contributed by atoms with Crippen molar-refractivity contribution in [2.75, 3.05) is 5.32 Å². The van der Waals surface area contributed by atoms with Crippen molar-refractivity contribution in [2.24, 2.45) is 5.10 Å². The fraction of sp³-hybridized carbons (Fsp3) is 0.0667. The Morgan fingerprint density at radius 2 is 1.75 bits per heavy atom. The summed E-state index contributed by atoms with van der Waals surface area (Å²) in [6.07, 6.45) is 1.71. The number of nitrogens with one attached hydrogen (secondary N) is 4. The number of halogens is 1. The minimum atomic E-state index is 0.283. The van der Waals surface area contributed by atoms with E-state index in [0.717, 1.165) is 21.6 Å². The van der Waals surface area contributed by atoms with Gasteiger partial charge in [0.1, 0.15) is 0 Å². The van der Waals surface area contributed by atoms with Crippen molar-refractivity contribution in [1.29, 1.82) is 0 Å². The minimum Gasteiger partial charge on any atom is -0.331 e. The smallest absolute Gasteiger partial charge is 0.205 e. The van der Waals surface area contributed by atoms with Gasteiger partial charge in [0, 0.05) is 16.4 Å². The monoisotopic (exact) mass is 422 g/mol. The number of thiocarbonyl (C=S) groups is 2. The lowest BCUT2D eigenvalue weighted by molar-refractivity contribution is 0.834. The largest absolute Gasteiger partial charge is 0.331 e. The third-order valence-corrected chi connectivity index (χ3v) is 3.68. The number of rotatable bonds is 3.